The van der Waals surface area contributed by atoms with Crippen molar-refractivity contribution < 1.29 is 17.9 Å². The summed E-state index contributed by atoms with van der Waals surface area (Å²) in [7, 11) is -4.23. The van der Waals surface area contributed by atoms with Crippen LogP contribution in [0.1, 0.15) is 56.8 Å². The number of aromatic nitrogens is 2. The lowest BCUT2D eigenvalue weighted by molar-refractivity contribution is 0.0997. The van der Waals surface area contributed by atoms with Crippen LogP contribution in [0.3, 0.4) is 0 Å². The van der Waals surface area contributed by atoms with Crippen molar-refractivity contribution in [3.05, 3.63) is 60.3 Å². The predicted molar refractivity (Wildman–Crippen MR) is 150 cm³/mol. The quantitative estimate of drug-likeness (QED) is 0.446. The first-order valence-electron chi connectivity index (χ1n) is 13.4. The van der Waals surface area contributed by atoms with Crippen molar-refractivity contribution in [3.8, 4) is 11.6 Å². The lowest BCUT2D eigenvalue weighted by Gasteiger charge is -2.33. The van der Waals surface area contributed by atoms with Crippen molar-refractivity contribution in [2.24, 2.45) is 11.7 Å². The number of ether oxygens (including phenoxy) is 1. The lowest BCUT2D eigenvalue weighted by Crippen LogP contribution is -2.40. The Kier molecular flexibility index (Phi) is 7.24. The number of carbonyl (C=O) groups is 1. The minimum atomic E-state index is -4.23. The van der Waals surface area contributed by atoms with Crippen molar-refractivity contribution in [1.29, 1.82) is 0 Å². The van der Waals surface area contributed by atoms with Gasteiger partial charge in [-0.05, 0) is 69.7 Å². The second-order valence-corrected chi connectivity index (χ2v) is 12.9. The van der Waals surface area contributed by atoms with Gasteiger partial charge in [0.1, 0.15) is 11.4 Å². The van der Waals surface area contributed by atoms with Gasteiger partial charge in [0.05, 0.1) is 10.6 Å². The number of para-hydroxylation sites is 2. The van der Waals surface area contributed by atoms with Crippen LogP contribution < -0.4 is 20.3 Å². The summed E-state index contributed by atoms with van der Waals surface area (Å²) < 4.78 is 33.9. The van der Waals surface area contributed by atoms with Gasteiger partial charge in [0.25, 0.3) is 5.91 Å². The van der Waals surface area contributed by atoms with E-state index in [0.717, 1.165) is 38.0 Å². The molecule has 1 aromatic carbocycles. The highest BCUT2D eigenvalue weighted by atomic mass is 32.2. The molecule has 1 atom stereocenters. The van der Waals surface area contributed by atoms with E-state index in [1.54, 1.807) is 12.1 Å². The second-order valence-electron chi connectivity index (χ2n) is 11.0. The van der Waals surface area contributed by atoms with E-state index in [1.807, 2.05) is 43.0 Å². The smallest absolute Gasteiger partial charge is 0.253 e. The van der Waals surface area contributed by atoms with Crippen LogP contribution in [0.15, 0.2) is 64.6 Å². The summed E-state index contributed by atoms with van der Waals surface area (Å²) in [5.41, 5.74) is 6.29. The molecule has 0 bridgehead atoms. The summed E-state index contributed by atoms with van der Waals surface area (Å²) >= 11 is 0. The van der Waals surface area contributed by atoms with Crippen LogP contribution in [-0.4, -0.2) is 49.5 Å². The zero-order valence-electron chi connectivity index (χ0n) is 22.6. The van der Waals surface area contributed by atoms with Gasteiger partial charge in [-0.25, -0.2) is 18.4 Å². The molecular weight excluding hydrogens is 514 g/mol. The van der Waals surface area contributed by atoms with Gasteiger partial charge in [-0.15, -0.1) is 0 Å². The highest BCUT2D eigenvalue weighted by Gasteiger charge is 2.40. The summed E-state index contributed by atoms with van der Waals surface area (Å²) in [6.07, 6.45) is 5.72. The molecule has 5 rings (SSSR count). The van der Waals surface area contributed by atoms with Crippen molar-refractivity contribution in [1.82, 2.24) is 9.97 Å². The number of rotatable bonds is 7. The van der Waals surface area contributed by atoms with Gasteiger partial charge in [-0.1, -0.05) is 25.1 Å². The third-order valence-electron chi connectivity index (χ3n) is 7.51. The average molecular weight is 550 g/mol. The van der Waals surface area contributed by atoms with Gasteiger partial charge in [0.2, 0.25) is 15.7 Å². The number of primary amides is 1. The van der Waals surface area contributed by atoms with E-state index < -0.39 is 15.7 Å². The third kappa shape index (κ3) is 5.30. The molecule has 39 heavy (non-hydrogen) atoms. The zero-order chi connectivity index (χ0) is 27.8. The summed E-state index contributed by atoms with van der Waals surface area (Å²) in [6.45, 7) is 8.74. The van der Waals surface area contributed by atoms with Gasteiger partial charge in [0.15, 0.2) is 10.8 Å². The Hall–Kier alpha value is -3.66. The van der Waals surface area contributed by atoms with E-state index in [2.05, 4.69) is 21.8 Å². The Labute approximate surface area is 229 Å². The van der Waals surface area contributed by atoms with Crippen LogP contribution in [-0.2, 0) is 9.84 Å². The number of hydrogen-bond donors (Lipinski definition) is 1. The number of carbonyl (C=O) groups excluding carboxylic acids is 1. The SMILES string of the molecule is CC1CN(c2nccc(S(=O)(=O)c3cccc(Oc4ccccc4N4CCCCC4)n3)c2C(N)=O)C(C)(C)C1. The summed E-state index contributed by atoms with van der Waals surface area (Å²) in [5, 5.41) is -0.232. The first-order valence-corrected chi connectivity index (χ1v) is 14.9. The van der Waals surface area contributed by atoms with E-state index >= 15 is 0 Å². The first kappa shape index (κ1) is 26.9. The van der Waals surface area contributed by atoms with Gasteiger partial charge in [-0.3, -0.25) is 4.79 Å². The minimum Gasteiger partial charge on any atom is -0.437 e. The van der Waals surface area contributed by atoms with Gasteiger partial charge < -0.3 is 20.3 Å². The molecule has 0 radical (unpaired) electrons. The highest BCUT2D eigenvalue weighted by molar-refractivity contribution is 7.91. The van der Waals surface area contributed by atoms with Crippen LogP contribution in [0.25, 0.3) is 0 Å². The van der Waals surface area contributed by atoms with Crippen molar-refractivity contribution in [3.63, 3.8) is 0 Å². The Morgan fingerprint density at radius 1 is 1.05 bits per heavy atom. The average Bonchev–Trinajstić information content (AvgIpc) is 3.20. The molecule has 1 unspecified atom stereocenters. The van der Waals surface area contributed by atoms with Crippen molar-refractivity contribution in [2.45, 2.75) is 61.9 Å². The lowest BCUT2D eigenvalue weighted by atomic mass is 9.97. The monoisotopic (exact) mass is 549 g/mol. The fourth-order valence-electron chi connectivity index (χ4n) is 5.82. The fourth-order valence-corrected chi connectivity index (χ4v) is 7.21. The number of nitrogens with zero attached hydrogens (tertiary/aromatic N) is 4. The minimum absolute atomic E-state index is 0.122. The van der Waals surface area contributed by atoms with Crippen LogP contribution in [0, 0.1) is 5.92 Å². The number of nitrogens with two attached hydrogens (primary N) is 1. The fraction of sp³-hybridized carbons (Fsp3) is 0.414. The number of piperidine rings is 1. The Morgan fingerprint density at radius 3 is 2.49 bits per heavy atom. The highest BCUT2D eigenvalue weighted by Crippen LogP contribution is 2.39. The first-order chi connectivity index (χ1) is 18.6. The molecule has 2 fully saturated rings. The zero-order valence-corrected chi connectivity index (χ0v) is 23.4. The van der Waals surface area contributed by atoms with E-state index in [0.29, 0.717) is 18.2 Å². The van der Waals surface area contributed by atoms with Gasteiger partial charge >= 0.3 is 0 Å². The molecule has 0 saturated carbocycles. The van der Waals surface area contributed by atoms with Gasteiger partial charge in [-0.2, -0.15) is 0 Å². The summed E-state index contributed by atoms with van der Waals surface area (Å²) in [5.74, 6) is 0.530. The number of amides is 1. The Balaban J connectivity index is 1.51. The number of benzene rings is 1. The molecule has 9 nitrogen and oxygen atoms in total. The molecular formula is C29H35N5O4S. The molecule has 3 aromatic rings. The van der Waals surface area contributed by atoms with Crippen LogP contribution in [0.5, 0.6) is 11.6 Å². The maximum absolute atomic E-state index is 13.9. The molecule has 0 spiro atoms. The topological polar surface area (TPSA) is 119 Å². The maximum Gasteiger partial charge on any atom is 0.253 e. The largest absolute Gasteiger partial charge is 0.437 e. The maximum atomic E-state index is 13.9. The number of hydrogen-bond acceptors (Lipinski definition) is 8. The number of pyridine rings is 2. The molecule has 0 aliphatic carbocycles. The van der Waals surface area contributed by atoms with E-state index in [9.17, 15) is 13.2 Å². The molecule has 10 heteroatoms. The number of sulfone groups is 1. The molecule has 2 saturated heterocycles. The van der Waals surface area contributed by atoms with Crippen molar-refractivity contribution in [2.75, 3.05) is 29.4 Å². The predicted octanol–water partition coefficient (Wildman–Crippen LogP) is 4.82. The van der Waals surface area contributed by atoms with E-state index in [4.69, 9.17) is 10.5 Å². The van der Waals surface area contributed by atoms with Crippen LogP contribution >= 0.6 is 0 Å². The molecule has 2 aromatic heterocycles. The van der Waals surface area contributed by atoms with Gasteiger partial charge in [0, 0.05) is 37.4 Å². The van der Waals surface area contributed by atoms with E-state index in [-0.39, 0.29) is 32.7 Å². The normalized spacial score (nSPS) is 19.2. The van der Waals surface area contributed by atoms with Crippen LogP contribution in [0.4, 0.5) is 11.5 Å². The molecule has 206 valence electrons. The molecule has 4 heterocycles. The Bertz CT molecular complexity index is 1480. The van der Waals surface area contributed by atoms with Crippen molar-refractivity contribution >= 4 is 27.2 Å². The number of anilines is 2. The standard InChI is InChI=1S/C29H35N5O4S/c1-20-18-29(2,3)34(19-20)28-26(27(30)35)23(14-15-31-28)39(36,37)25-13-9-12-24(32-25)38-22-11-6-5-10-21(22)33-16-7-4-8-17-33/h5-6,9-15,20H,4,7-8,16-19H2,1-3H3,(H2,30,35). The molecule has 2 N–H and O–H groups in total. The van der Waals surface area contributed by atoms with E-state index in [1.165, 1.54) is 24.8 Å². The molecule has 2 aliphatic heterocycles. The van der Waals surface area contributed by atoms with Crippen LogP contribution in [0.2, 0.25) is 0 Å². The summed E-state index contributed by atoms with van der Waals surface area (Å²) in [6, 6.07) is 13.6. The second kappa shape index (κ2) is 10.5. The molecule has 1 amide bonds. The third-order valence-corrected chi connectivity index (χ3v) is 9.20. The Morgan fingerprint density at radius 2 is 1.79 bits per heavy atom. The summed E-state index contributed by atoms with van der Waals surface area (Å²) in [4.78, 5) is 25.5. The molecule has 2 aliphatic rings.